The van der Waals surface area contributed by atoms with Crippen LogP contribution in [0.2, 0.25) is 0 Å². The Morgan fingerprint density at radius 1 is 1.25 bits per heavy atom. The molecule has 0 unspecified atom stereocenters. The number of ether oxygens (including phenoxy) is 1. The van der Waals surface area contributed by atoms with Crippen LogP contribution in [0.15, 0.2) is 47.2 Å². The van der Waals surface area contributed by atoms with Gasteiger partial charge in [-0.3, -0.25) is 4.79 Å². The largest absolute Gasteiger partial charge is 0.452 e. The third-order valence-corrected chi connectivity index (χ3v) is 3.69. The molecule has 0 saturated carbocycles. The molecule has 0 aliphatic rings. The lowest BCUT2D eigenvalue weighted by molar-refractivity contribution is -0.119. The number of rotatable bonds is 4. The lowest BCUT2D eigenvalue weighted by atomic mass is 10.2. The number of aromatic nitrogens is 2. The van der Waals surface area contributed by atoms with Gasteiger partial charge in [-0.15, -0.1) is 0 Å². The minimum Gasteiger partial charge on any atom is -0.452 e. The van der Waals surface area contributed by atoms with E-state index < -0.39 is 24.3 Å². The number of imidazole rings is 1. The second-order valence-corrected chi connectivity index (χ2v) is 5.80. The molecule has 1 heterocycles. The Balaban J connectivity index is 1.60. The molecule has 1 amide bonds. The van der Waals surface area contributed by atoms with E-state index in [4.69, 9.17) is 4.74 Å². The molecule has 0 saturated heterocycles. The van der Waals surface area contributed by atoms with Crippen LogP contribution >= 0.6 is 15.9 Å². The molecular weight excluding hydrogens is 381 g/mol. The van der Waals surface area contributed by atoms with Crippen molar-refractivity contribution >= 4 is 44.5 Å². The summed E-state index contributed by atoms with van der Waals surface area (Å²) in [5.74, 6) is -1.88. The molecule has 3 aromatic rings. The monoisotopic (exact) mass is 391 g/mol. The van der Waals surface area contributed by atoms with E-state index in [9.17, 15) is 14.0 Å². The van der Waals surface area contributed by atoms with Gasteiger partial charge >= 0.3 is 5.97 Å². The third kappa shape index (κ3) is 3.60. The van der Waals surface area contributed by atoms with Crippen LogP contribution in [0.4, 0.5) is 10.1 Å². The van der Waals surface area contributed by atoms with Crippen LogP contribution in [0.25, 0.3) is 11.0 Å². The highest BCUT2D eigenvalue weighted by molar-refractivity contribution is 9.10. The highest BCUT2D eigenvalue weighted by Crippen LogP contribution is 2.19. The Kier molecular flexibility index (Phi) is 4.57. The predicted octanol–water partition coefficient (Wildman–Crippen LogP) is 3.26. The minimum absolute atomic E-state index is 0.0122. The van der Waals surface area contributed by atoms with Crippen LogP contribution in [-0.2, 0) is 9.53 Å². The van der Waals surface area contributed by atoms with Crippen molar-refractivity contribution in [3.63, 3.8) is 0 Å². The molecule has 0 atom stereocenters. The fraction of sp³-hybridized carbons (Fsp3) is 0.0625. The number of H-pyrrole nitrogens is 1. The lowest BCUT2D eigenvalue weighted by Gasteiger charge is -2.08. The lowest BCUT2D eigenvalue weighted by Crippen LogP contribution is -2.21. The van der Waals surface area contributed by atoms with Crippen LogP contribution < -0.4 is 5.32 Å². The summed E-state index contributed by atoms with van der Waals surface area (Å²) < 4.78 is 19.1. The van der Waals surface area contributed by atoms with Crippen molar-refractivity contribution in [2.75, 3.05) is 11.9 Å². The van der Waals surface area contributed by atoms with E-state index >= 15 is 0 Å². The number of nitrogens with one attached hydrogen (secondary N) is 2. The molecule has 0 radical (unpaired) electrons. The molecule has 3 rings (SSSR count). The van der Waals surface area contributed by atoms with Crippen molar-refractivity contribution in [3.8, 4) is 0 Å². The second-order valence-electron chi connectivity index (χ2n) is 4.88. The Morgan fingerprint density at radius 2 is 2.08 bits per heavy atom. The van der Waals surface area contributed by atoms with Crippen LogP contribution in [-0.4, -0.2) is 28.5 Å². The van der Waals surface area contributed by atoms with Crippen molar-refractivity contribution in [2.45, 2.75) is 0 Å². The molecule has 0 spiro atoms. The number of anilines is 1. The first kappa shape index (κ1) is 16.1. The van der Waals surface area contributed by atoms with Gasteiger partial charge < -0.3 is 15.0 Å². The normalized spacial score (nSPS) is 10.6. The Bertz CT molecular complexity index is 926. The number of amides is 1. The van der Waals surface area contributed by atoms with Gasteiger partial charge in [-0.2, -0.15) is 0 Å². The van der Waals surface area contributed by atoms with E-state index in [1.807, 2.05) is 0 Å². The number of hydrogen-bond donors (Lipinski definition) is 2. The van der Waals surface area contributed by atoms with E-state index in [1.54, 1.807) is 24.3 Å². The average Bonchev–Trinajstić information content (AvgIpc) is 3.03. The first-order valence-corrected chi connectivity index (χ1v) is 7.67. The van der Waals surface area contributed by atoms with E-state index in [0.29, 0.717) is 9.99 Å². The zero-order chi connectivity index (χ0) is 17.1. The van der Waals surface area contributed by atoms with Crippen molar-refractivity contribution in [1.29, 1.82) is 0 Å². The topological polar surface area (TPSA) is 84.1 Å². The standard InChI is InChI=1S/C16H11BrFN3O3/c17-10-2-4-12(11(18)6-10)21-15(22)7-24-16(23)9-1-3-13-14(5-9)20-8-19-13/h1-6,8H,7H2,(H,19,20)(H,21,22). The van der Waals surface area contributed by atoms with E-state index in [-0.39, 0.29) is 11.3 Å². The molecule has 0 fully saturated rings. The summed E-state index contributed by atoms with van der Waals surface area (Å²) in [4.78, 5) is 30.7. The molecule has 24 heavy (non-hydrogen) atoms. The number of carbonyl (C=O) groups is 2. The summed E-state index contributed by atoms with van der Waals surface area (Å²) in [5, 5.41) is 2.34. The number of carbonyl (C=O) groups excluding carboxylic acids is 2. The van der Waals surface area contributed by atoms with Crippen LogP contribution in [0.5, 0.6) is 0 Å². The second kappa shape index (κ2) is 6.79. The van der Waals surface area contributed by atoms with Crippen molar-refractivity contribution in [3.05, 3.63) is 58.6 Å². The molecule has 2 aromatic carbocycles. The van der Waals surface area contributed by atoms with Gasteiger partial charge in [0.1, 0.15) is 5.82 Å². The number of fused-ring (bicyclic) bond motifs is 1. The zero-order valence-electron chi connectivity index (χ0n) is 12.2. The summed E-state index contributed by atoms with van der Waals surface area (Å²) >= 11 is 3.12. The van der Waals surface area contributed by atoms with Gasteiger partial charge in [0.2, 0.25) is 0 Å². The molecule has 0 bridgehead atoms. The van der Waals surface area contributed by atoms with Gasteiger partial charge in [0.05, 0.1) is 28.6 Å². The number of nitrogens with zero attached hydrogens (tertiary/aromatic N) is 1. The zero-order valence-corrected chi connectivity index (χ0v) is 13.8. The maximum atomic E-state index is 13.6. The fourth-order valence-corrected chi connectivity index (χ4v) is 2.39. The molecule has 1 aromatic heterocycles. The van der Waals surface area contributed by atoms with E-state index in [1.165, 1.54) is 18.5 Å². The Hall–Kier alpha value is -2.74. The van der Waals surface area contributed by atoms with Crippen molar-refractivity contribution in [1.82, 2.24) is 9.97 Å². The first-order valence-electron chi connectivity index (χ1n) is 6.88. The summed E-state index contributed by atoms with van der Waals surface area (Å²) in [6, 6.07) is 9.02. The van der Waals surface area contributed by atoms with Crippen molar-refractivity contribution in [2.24, 2.45) is 0 Å². The highest BCUT2D eigenvalue weighted by atomic mass is 79.9. The number of esters is 1. The summed E-state index contributed by atoms with van der Waals surface area (Å²) in [6.45, 7) is -0.519. The smallest absolute Gasteiger partial charge is 0.338 e. The van der Waals surface area contributed by atoms with Gasteiger partial charge in [-0.1, -0.05) is 15.9 Å². The maximum absolute atomic E-state index is 13.6. The molecule has 122 valence electrons. The Labute approximate surface area is 144 Å². The van der Waals surface area contributed by atoms with Gasteiger partial charge in [0, 0.05) is 4.47 Å². The molecule has 2 N–H and O–H groups in total. The van der Waals surface area contributed by atoms with Crippen LogP contribution in [0.3, 0.4) is 0 Å². The van der Waals surface area contributed by atoms with Crippen LogP contribution in [0, 0.1) is 5.82 Å². The van der Waals surface area contributed by atoms with Gasteiger partial charge in [-0.05, 0) is 36.4 Å². The number of halogens is 2. The minimum atomic E-state index is -0.655. The number of aromatic amines is 1. The summed E-state index contributed by atoms with van der Waals surface area (Å²) in [5.41, 5.74) is 1.70. The number of hydrogen-bond acceptors (Lipinski definition) is 4. The van der Waals surface area contributed by atoms with Gasteiger partial charge in [0.25, 0.3) is 5.91 Å². The molecule has 0 aliphatic heterocycles. The quantitative estimate of drug-likeness (QED) is 0.668. The highest BCUT2D eigenvalue weighted by Gasteiger charge is 2.13. The third-order valence-electron chi connectivity index (χ3n) is 3.20. The summed E-state index contributed by atoms with van der Waals surface area (Å²) in [7, 11) is 0. The maximum Gasteiger partial charge on any atom is 0.338 e. The van der Waals surface area contributed by atoms with Crippen LogP contribution in [0.1, 0.15) is 10.4 Å². The van der Waals surface area contributed by atoms with Gasteiger partial charge in [0.15, 0.2) is 6.61 Å². The average molecular weight is 392 g/mol. The first-order chi connectivity index (χ1) is 11.5. The fourth-order valence-electron chi connectivity index (χ4n) is 2.05. The molecule has 0 aliphatic carbocycles. The molecule has 6 nitrogen and oxygen atoms in total. The van der Waals surface area contributed by atoms with Gasteiger partial charge in [-0.25, -0.2) is 14.2 Å². The van der Waals surface area contributed by atoms with E-state index in [0.717, 1.165) is 5.52 Å². The van der Waals surface area contributed by atoms with Crippen molar-refractivity contribution < 1.29 is 18.7 Å². The molecular formula is C16H11BrFN3O3. The predicted molar refractivity (Wildman–Crippen MR) is 89.1 cm³/mol. The Morgan fingerprint density at radius 3 is 2.88 bits per heavy atom. The molecule has 8 heteroatoms. The SMILES string of the molecule is O=C(COC(=O)c1ccc2nc[nH]c2c1)Nc1ccc(Br)cc1F. The van der Waals surface area contributed by atoms with E-state index in [2.05, 4.69) is 31.2 Å². The number of benzene rings is 2. The summed E-state index contributed by atoms with van der Waals surface area (Å²) in [6.07, 6.45) is 1.51.